The molecule has 33 heavy (non-hydrogen) atoms. The standard InChI is InChI=1S/C23H26N4O6/c1-32-19-5-2-17(3-6-19)8-9-24-10-12-25(13-11-24)22(28)15-26-20-14-18(27(30)31)4-7-21(20)33-16-23(26)29/h2-7,14H,8-13,15-16H2,1H3. The van der Waals surface area contributed by atoms with Gasteiger partial charge in [0.25, 0.3) is 11.6 Å². The fraction of sp³-hybridized carbons (Fsp3) is 0.391. The van der Waals surface area contributed by atoms with E-state index in [9.17, 15) is 19.7 Å². The predicted molar refractivity (Wildman–Crippen MR) is 121 cm³/mol. The van der Waals surface area contributed by atoms with Crippen molar-refractivity contribution in [2.24, 2.45) is 0 Å². The number of carbonyl (C=O) groups is 2. The zero-order chi connectivity index (χ0) is 23.4. The Morgan fingerprint density at radius 1 is 1.12 bits per heavy atom. The molecule has 4 rings (SSSR count). The molecule has 10 nitrogen and oxygen atoms in total. The highest BCUT2D eigenvalue weighted by Gasteiger charge is 2.31. The third-order valence-electron chi connectivity index (χ3n) is 5.99. The van der Waals surface area contributed by atoms with Crippen molar-refractivity contribution in [3.63, 3.8) is 0 Å². The lowest BCUT2D eigenvalue weighted by atomic mass is 10.1. The van der Waals surface area contributed by atoms with Gasteiger partial charge in [0.1, 0.15) is 18.0 Å². The quantitative estimate of drug-likeness (QED) is 0.463. The van der Waals surface area contributed by atoms with Gasteiger partial charge in [0, 0.05) is 44.9 Å². The minimum absolute atomic E-state index is 0.157. The highest BCUT2D eigenvalue weighted by atomic mass is 16.6. The average Bonchev–Trinajstić information content (AvgIpc) is 2.84. The summed E-state index contributed by atoms with van der Waals surface area (Å²) in [5.74, 6) is 0.616. The first-order valence-electron chi connectivity index (χ1n) is 10.8. The van der Waals surface area contributed by atoms with Gasteiger partial charge in [-0.25, -0.2) is 0 Å². The largest absolute Gasteiger partial charge is 0.497 e. The van der Waals surface area contributed by atoms with Crippen LogP contribution in [0.5, 0.6) is 11.5 Å². The Labute approximate surface area is 191 Å². The number of nitro benzene ring substituents is 1. The summed E-state index contributed by atoms with van der Waals surface area (Å²) < 4.78 is 10.6. The summed E-state index contributed by atoms with van der Waals surface area (Å²) in [6, 6.07) is 12.1. The lowest BCUT2D eigenvalue weighted by Crippen LogP contribution is -2.53. The Balaban J connectivity index is 1.31. The van der Waals surface area contributed by atoms with E-state index in [4.69, 9.17) is 9.47 Å². The van der Waals surface area contributed by atoms with Gasteiger partial charge >= 0.3 is 0 Å². The number of methoxy groups -OCH3 is 1. The smallest absolute Gasteiger partial charge is 0.271 e. The molecule has 0 spiro atoms. The molecule has 0 unspecified atom stereocenters. The number of anilines is 1. The molecule has 2 heterocycles. The first-order valence-corrected chi connectivity index (χ1v) is 10.8. The number of non-ortho nitro benzene ring substituents is 1. The molecule has 1 saturated heterocycles. The Kier molecular flexibility index (Phi) is 6.74. The third-order valence-corrected chi connectivity index (χ3v) is 5.99. The average molecular weight is 454 g/mol. The molecule has 0 aromatic heterocycles. The minimum atomic E-state index is -0.537. The van der Waals surface area contributed by atoms with Crippen molar-refractivity contribution in [1.29, 1.82) is 0 Å². The third kappa shape index (κ3) is 5.23. The molecular formula is C23H26N4O6. The van der Waals surface area contributed by atoms with Crippen LogP contribution in [0.2, 0.25) is 0 Å². The summed E-state index contributed by atoms with van der Waals surface area (Å²) in [5, 5.41) is 11.1. The number of ether oxygens (including phenoxy) is 2. The normalized spacial score (nSPS) is 16.2. The molecule has 0 aliphatic carbocycles. The Morgan fingerprint density at radius 3 is 2.52 bits per heavy atom. The van der Waals surface area contributed by atoms with E-state index in [-0.39, 0.29) is 30.4 Å². The van der Waals surface area contributed by atoms with Gasteiger partial charge in [0.05, 0.1) is 17.7 Å². The van der Waals surface area contributed by atoms with Crippen LogP contribution in [0, 0.1) is 10.1 Å². The van der Waals surface area contributed by atoms with E-state index >= 15 is 0 Å². The summed E-state index contributed by atoms with van der Waals surface area (Å²) in [7, 11) is 1.65. The van der Waals surface area contributed by atoms with Crippen LogP contribution in [-0.2, 0) is 16.0 Å². The molecule has 2 amide bonds. The van der Waals surface area contributed by atoms with Crippen molar-refractivity contribution in [3.8, 4) is 11.5 Å². The topological polar surface area (TPSA) is 105 Å². The van der Waals surface area contributed by atoms with E-state index in [1.807, 2.05) is 12.1 Å². The van der Waals surface area contributed by atoms with Crippen LogP contribution < -0.4 is 14.4 Å². The van der Waals surface area contributed by atoms with Crippen LogP contribution >= 0.6 is 0 Å². The molecule has 0 atom stereocenters. The second kappa shape index (κ2) is 9.86. The van der Waals surface area contributed by atoms with Crippen LogP contribution in [0.4, 0.5) is 11.4 Å². The molecule has 0 radical (unpaired) electrons. The van der Waals surface area contributed by atoms with E-state index in [1.165, 1.54) is 28.7 Å². The van der Waals surface area contributed by atoms with Crippen LogP contribution in [0.3, 0.4) is 0 Å². The van der Waals surface area contributed by atoms with Gasteiger partial charge in [-0.2, -0.15) is 0 Å². The number of hydrogen-bond donors (Lipinski definition) is 0. The highest BCUT2D eigenvalue weighted by Crippen LogP contribution is 2.35. The van der Waals surface area contributed by atoms with E-state index in [2.05, 4.69) is 17.0 Å². The maximum Gasteiger partial charge on any atom is 0.271 e. The number of nitrogens with zero attached hydrogens (tertiary/aromatic N) is 4. The number of piperazine rings is 1. The summed E-state index contributed by atoms with van der Waals surface area (Å²) >= 11 is 0. The van der Waals surface area contributed by atoms with E-state index in [0.29, 0.717) is 18.8 Å². The van der Waals surface area contributed by atoms with Crippen molar-refractivity contribution in [3.05, 3.63) is 58.1 Å². The molecule has 0 bridgehead atoms. The van der Waals surface area contributed by atoms with Crippen molar-refractivity contribution in [2.75, 3.05) is 57.9 Å². The van der Waals surface area contributed by atoms with Crippen LogP contribution in [0.25, 0.3) is 0 Å². The van der Waals surface area contributed by atoms with Crippen LogP contribution in [-0.4, -0.2) is 79.5 Å². The summed E-state index contributed by atoms with van der Waals surface area (Å²) in [4.78, 5) is 41.2. The Morgan fingerprint density at radius 2 is 1.85 bits per heavy atom. The van der Waals surface area contributed by atoms with Gasteiger partial charge in [-0.15, -0.1) is 0 Å². The second-order valence-electron chi connectivity index (χ2n) is 8.00. The van der Waals surface area contributed by atoms with Gasteiger partial charge in [-0.3, -0.25) is 29.5 Å². The number of rotatable bonds is 7. The monoisotopic (exact) mass is 454 g/mol. The van der Waals surface area contributed by atoms with E-state index in [0.717, 1.165) is 31.8 Å². The zero-order valence-electron chi connectivity index (χ0n) is 18.4. The SMILES string of the molecule is COc1ccc(CCN2CCN(C(=O)CN3C(=O)COc4ccc([N+](=O)[O-])cc43)CC2)cc1. The molecule has 2 aromatic carbocycles. The maximum atomic E-state index is 12.9. The van der Waals surface area contributed by atoms with Gasteiger partial charge in [0.2, 0.25) is 5.91 Å². The summed E-state index contributed by atoms with van der Waals surface area (Å²) in [6.07, 6.45) is 0.912. The fourth-order valence-corrected chi connectivity index (χ4v) is 4.01. The van der Waals surface area contributed by atoms with Crippen molar-refractivity contribution < 1.29 is 24.0 Å². The van der Waals surface area contributed by atoms with Gasteiger partial charge in [0.15, 0.2) is 6.61 Å². The van der Waals surface area contributed by atoms with E-state index in [1.54, 1.807) is 12.0 Å². The molecule has 2 aliphatic heterocycles. The number of carbonyl (C=O) groups excluding carboxylic acids is 2. The fourth-order valence-electron chi connectivity index (χ4n) is 4.01. The minimum Gasteiger partial charge on any atom is -0.497 e. The first-order chi connectivity index (χ1) is 15.9. The Hall–Kier alpha value is -3.66. The number of fused-ring (bicyclic) bond motifs is 1. The molecule has 174 valence electrons. The summed E-state index contributed by atoms with van der Waals surface area (Å²) in [6.45, 7) is 3.18. The molecule has 2 aromatic rings. The summed E-state index contributed by atoms with van der Waals surface area (Å²) in [5.41, 5.74) is 1.33. The Bertz CT molecular complexity index is 1030. The van der Waals surface area contributed by atoms with Crippen molar-refractivity contribution in [2.45, 2.75) is 6.42 Å². The van der Waals surface area contributed by atoms with E-state index < -0.39 is 10.8 Å². The molecule has 1 fully saturated rings. The predicted octanol–water partition coefficient (Wildman–Crippen LogP) is 1.72. The number of hydrogen-bond acceptors (Lipinski definition) is 7. The molecule has 2 aliphatic rings. The molecule has 10 heteroatoms. The maximum absolute atomic E-state index is 12.9. The van der Waals surface area contributed by atoms with Gasteiger partial charge in [-0.1, -0.05) is 12.1 Å². The van der Waals surface area contributed by atoms with Gasteiger partial charge < -0.3 is 14.4 Å². The van der Waals surface area contributed by atoms with Crippen LogP contribution in [0.1, 0.15) is 5.56 Å². The lowest BCUT2D eigenvalue weighted by Gasteiger charge is -2.36. The number of amides is 2. The second-order valence-corrected chi connectivity index (χ2v) is 8.00. The highest BCUT2D eigenvalue weighted by molar-refractivity contribution is 6.02. The molecule has 0 N–H and O–H groups in total. The first kappa shape index (κ1) is 22.5. The van der Waals surface area contributed by atoms with Crippen LogP contribution in [0.15, 0.2) is 42.5 Å². The number of nitro groups is 1. The van der Waals surface area contributed by atoms with Crippen molar-refractivity contribution >= 4 is 23.2 Å². The van der Waals surface area contributed by atoms with Gasteiger partial charge in [-0.05, 0) is 30.2 Å². The van der Waals surface area contributed by atoms with Crippen molar-refractivity contribution in [1.82, 2.24) is 9.80 Å². The number of benzene rings is 2. The zero-order valence-corrected chi connectivity index (χ0v) is 18.4. The molecular weight excluding hydrogens is 428 g/mol. The molecule has 0 saturated carbocycles. The lowest BCUT2D eigenvalue weighted by molar-refractivity contribution is -0.384.